The van der Waals surface area contributed by atoms with Gasteiger partial charge in [-0.05, 0) is 51.7 Å². The molecule has 1 aliphatic rings. The van der Waals surface area contributed by atoms with Crippen LogP contribution in [0.15, 0.2) is 10.3 Å². The zero-order valence-electron chi connectivity index (χ0n) is 13.3. The van der Waals surface area contributed by atoms with Crippen molar-refractivity contribution in [2.24, 2.45) is 0 Å². The van der Waals surface area contributed by atoms with E-state index in [0.29, 0.717) is 16.8 Å². The van der Waals surface area contributed by atoms with Gasteiger partial charge < -0.3 is 5.32 Å². The summed E-state index contributed by atoms with van der Waals surface area (Å²) in [5.41, 5.74) is 1.08. The van der Waals surface area contributed by atoms with E-state index in [1.807, 2.05) is 33.8 Å². The summed E-state index contributed by atoms with van der Waals surface area (Å²) in [6.07, 6.45) is 3.32. The van der Waals surface area contributed by atoms with E-state index < -0.39 is 10.0 Å². The highest BCUT2D eigenvalue weighted by atomic mass is 32.2. The van der Waals surface area contributed by atoms with Gasteiger partial charge in [-0.3, -0.25) is 0 Å². The SMILES string of the molecule is CCCN(C(C)C)S(=O)(=O)c1cc(C)c(CNC2CC2)s1. The van der Waals surface area contributed by atoms with Crippen LogP contribution in [0.1, 0.15) is 50.5 Å². The van der Waals surface area contributed by atoms with Crippen LogP contribution in [0.4, 0.5) is 0 Å². The van der Waals surface area contributed by atoms with Crippen molar-refractivity contribution in [3.05, 3.63) is 16.5 Å². The topological polar surface area (TPSA) is 49.4 Å². The molecule has 21 heavy (non-hydrogen) atoms. The quantitative estimate of drug-likeness (QED) is 0.797. The molecule has 0 spiro atoms. The van der Waals surface area contributed by atoms with Crippen LogP contribution < -0.4 is 5.32 Å². The monoisotopic (exact) mass is 330 g/mol. The standard InChI is InChI=1S/C15H26N2O2S2/c1-5-8-17(11(2)3)21(18,19)15-9-12(4)14(20-15)10-16-13-6-7-13/h9,11,13,16H,5-8,10H2,1-4H3. The number of aryl methyl sites for hydroxylation is 1. The van der Waals surface area contributed by atoms with Crippen molar-refractivity contribution < 1.29 is 8.42 Å². The van der Waals surface area contributed by atoms with E-state index in [1.165, 1.54) is 24.2 Å². The van der Waals surface area contributed by atoms with Crippen molar-refractivity contribution in [3.8, 4) is 0 Å². The minimum atomic E-state index is -3.36. The van der Waals surface area contributed by atoms with Crippen LogP contribution in [-0.4, -0.2) is 31.4 Å². The van der Waals surface area contributed by atoms with E-state index in [1.54, 1.807) is 4.31 Å². The van der Waals surface area contributed by atoms with E-state index in [9.17, 15) is 8.42 Å². The minimum Gasteiger partial charge on any atom is -0.309 e. The van der Waals surface area contributed by atoms with Gasteiger partial charge in [-0.15, -0.1) is 11.3 Å². The van der Waals surface area contributed by atoms with Gasteiger partial charge in [0.15, 0.2) is 0 Å². The number of hydrogen-bond donors (Lipinski definition) is 1. The Labute approximate surface area is 132 Å². The van der Waals surface area contributed by atoms with Gasteiger partial charge >= 0.3 is 0 Å². The van der Waals surface area contributed by atoms with Crippen molar-refractivity contribution in [1.29, 1.82) is 0 Å². The van der Waals surface area contributed by atoms with Gasteiger partial charge in [0.05, 0.1) is 0 Å². The fraction of sp³-hybridized carbons (Fsp3) is 0.733. The summed E-state index contributed by atoms with van der Waals surface area (Å²) in [5, 5.41) is 3.46. The fourth-order valence-corrected chi connectivity index (χ4v) is 5.71. The molecule has 0 aliphatic heterocycles. The fourth-order valence-electron chi connectivity index (χ4n) is 2.31. The molecule has 0 aromatic carbocycles. The number of nitrogens with zero attached hydrogens (tertiary/aromatic N) is 1. The van der Waals surface area contributed by atoms with Gasteiger partial charge in [0.1, 0.15) is 4.21 Å². The second kappa shape index (κ2) is 6.77. The Balaban J connectivity index is 2.20. The molecule has 0 atom stereocenters. The molecular weight excluding hydrogens is 304 g/mol. The summed E-state index contributed by atoms with van der Waals surface area (Å²) in [6, 6.07) is 2.46. The first kappa shape index (κ1) is 16.9. The molecule has 1 fully saturated rings. The molecule has 1 N–H and O–H groups in total. The second-order valence-corrected chi connectivity index (χ2v) is 9.29. The van der Waals surface area contributed by atoms with Gasteiger partial charge in [-0.1, -0.05) is 6.92 Å². The van der Waals surface area contributed by atoms with Crippen LogP contribution in [-0.2, 0) is 16.6 Å². The highest BCUT2D eigenvalue weighted by Gasteiger charge is 2.29. The summed E-state index contributed by atoms with van der Waals surface area (Å²) in [5.74, 6) is 0. The molecule has 0 unspecified atom stereocenters. The lowest BCUT2D eigenvalue weighted by molar-refractivity contribution is 0.355. The van der Waals surface area contributed by atoms with Gasteiger partial charge in [0.25, 0.3) is 10.0 Å². The van der Waals surface area contributed by atoms with E-state index in [2.05, 4.69) is 5.32 Å². The van der Waals surface area contributed by atoms with Crippen LogP contribution in [0.3, 0.4) is 0 Å². The van der Waals surface area contributed by atoms with Crippen LogP contribution in [0.25, 0.3) is 0 Å². The zero-order valence-corrected chi connectivity index (χ0v) is 15.0. The van der Waals surface area contributed by atoms with Crippen molar-refractivity contribution >= 4 is 21.4 Å². The molecule has 0 radical (unpaired) electrons. The molecule has 0 saturated heterocycles. The number of sulfonamides is 1. The average Bonchev–Trinajstić information content (AvgIpc) is 3.16. The lowest BCUT2D eigenvalue weighted by Gasteiger charge is -2.24. The molecule has 1 aromatic rings. The van der Waals surface area contributed by atoms with Gasteiger partial charge in [-0.25, -0.2) is 8.42 Å². The van der Waals surface area contributed by atoms with Crippen molar-refractivity contribution in [1.82, 2.24) is 9.62 Å². The normalized spacial score (nSPS) is 16.1. The Morgan fingerprint density at radius 2 is 2.10 bits per heavy atom. The minimum absolute atomic E-state index is 0.00889. The Kier molecular flexibility index (Phi) is 5.46. The molecule has 1 saturated carbocycles. The first-order chi connectivity index (χ1) is 9.86. The maximum absolute atomic E-state index is 12.8. The third-order valence-corrected chi connectivity index (χ3v) is 7.47. The van der Waals surface area contributed by atoms with Crippen LogP contribution in [0.5, 0.6) is 0 Å². The Morgan fingerprint density at radius 3 is 2.62 bits per heavy atom. The number of hydrogen-bond acceptors (Lipinski definition) is 4. The molecule has 1 heterocycles. The molecule has 0 amide bonds. The largest absolute Gasteiger partial charge is 0.309 e. The molecule has 1 aliphatic carbocycles. The molecule has 1 aromatic heterocycles. The summed E-state index contributed by atoms with van der Waals surface area (Å²) in [7, 11) is -3.36. The van der Waals surface area contributed by atoms with E-state index in [0.717, 1.165) is 23.4 Å². The van der Waals surface area contributed by atoms with Crippen LogP contribution in [0.2, 0.25) is 0 Å². The highest BCUT2D eigenvalue weighted by Crippen LogP contribution is 2.30. The Hall–Kier alpha value is -0.430. The molecule has 120 valence electrons. The highest BCUT2D eigenvalue weighted by molar-refractivity contribution is 7.91. The van der Waals surface area contributed by atoms with Gasteiger partial charge in [0.2, 0.25) is 0 Å². The third-order valence-electron chi connectivity index (χ3n) is 3.71. The van der Waals surface area contributed by atoms with Gasteiger partial charge in [0, 0.05) is 30.1 Å². The number of thiophene rings is 1. The Bertz CT molecular complexity index is 574. The zero-order chi connectivity index (χ0) is 15.6. The summed E-state index contributed by atoms with van der Waals surface area (Å²) < 4.78 is 27.7. The van der Waals surface area contributed by atoms with Crippen molar-refractivity contribution in [2.75, 3.05) is 6.54 Å². The van der Waals surface area contributed by atoms with Crippen molar-refractivity contribution in [2.45, 2.75) is 69.8 Å². The lowest BCUT2D eigenvalue weighted by Crippen LogP contribution is -2.37. The summed E-state index contributed by atoms with van der Waals surface area (Å²) in [4.78, 5) is 1.14. The first-order valence-electron chi connectivity index (χ1n) is 7.70. The summed E-state index contributed by atoms with van der Waals surface area (Å²) in [6.45, 7) is 9.24. The second-order valence-electron chi connectivity index (χ2n) is 6.04. The van der Waals surface area contributed by atoms with Gasteiger partial charge in [-0.2, -0.15) is 4.31 Å². The lowest BCUT2D eigenvalue weighted by atomic mass is 10.3. The maximum Gasteiger partial charge on any atom is 0.252 e. The van der Waals surface area contributed by atoms with Crippen LogP contribution in [0, 0.1) is 6.92 Å². The molecule has 6 heteroatoms. The van der Waals surface area contributed by atoms with Crippen molar-refractivity contribution in [3.63, 3.8) is 0 Å². The molecule has 0 bridgehead atoms. The maximum atomic E-state index is 12.8. The van der Waals surface area contributed by atoms with E-state index >= 15 is 0 Å². The predicted octanol–water partition coefficient (Wildman–Crippen LogP) is 3.12. The average molecular weight is 331 g/mol. The molecular formula is C15H26N2O2S2. The van der Waals surface area contributed by atoms with E-state index in [-0.39, 0.29) is 6.04 Å². The summed E-state index contributed by atoms with van der Waals surface area (Å²) >= 11 is 1.42. The first-order valence-corrected chi connectivity index (χ1v) is 9.96. The predicted molar refractivity (Wildman–Crippen MR) is 88.2 cm³/mol. The van der Waals surface area contributed by atoms with Crippen LogP contribution >= 0.6 is 11.3 Å². The Morgan fingerprint density at radius 1 is 1.43 bits per heavy atom. The smallest absolute Gasteiger partial charge is 0.252 e. The third kappa shape index (κ3) is 4.06. The number of rotatable bonds is 8. The molecule has 2 rings (SSSR count). The number of nitrogens with one attached hydrogen (secondary N) is 1. The van der Waals surface area contributed by atoms with E-state index in [4.69, 9.17) is 0 Å². The molecule has 4 nitrogen and oxygen atoms in total.